The maximum Gasteiger partial charge on any atom is 0.138 e. The lowest BCUT2D eigenvalue weighted by atomic mass is 10.1. The third-order valence-electron chi connectivity index (χ3n) is 2.14. The molecule has 0 amide bonds. The predicted octanol–water partition coefficient (Wildman–Crippen LogP) is 2.46. The van der Waals surface area contributed by atoms with Crippen LogP contribution in [-0.2, 0) is 6.54 Å². The number of rotatable bonds is 2. The van der Waals surface area contributed by atoms with Crippen molar-refractivity contribution in [1.82, 2.24) is 5.32 Å². The summed E-state index contributed by atoms with van der Waals surface area (Å²) in [6.45, 7) is 2.96. The second-order valence-corrected chi connectivity index (χ2v) is 3.29. The fourth-order valence-corrected chi connectivity index (χ4v) is 1.64. The molecule has 0 aliphatic carbocycles. The van der Waals surface area contributed by atoms with Gasteiger partial charge in [-0.2, -0.15) is 0 Å². The Bertz CT molecular complexity index is 417. The van der Waals surface area contributed by atoms with Gasteiger partial charge in [0.25, 0.3) is 0 Å². The molecule has 1 aromatic heterocycles. The normalized spacial score (nSPS) is 10.9. The SMILES string of the molecule is CNCc1cc(C)cc2ccoc12. The molecule has 0 spiro atoms. The summed E-state index contributed by atoms with van der Waals surface area (Å²) in [4.78, 5) is 0. The molecule has 0 aliphatic rings. The summed E-state index contributed by atoms with van der Waals surface area (Å²) in [7, 11) is 1.94. The number of hydrogen-bond acceptors (Lipinski definition) is 2. The molecule has 68 valence electrons. The first kappa shape index (κ1) is 8.32. The average Bonchev–Trinajstić information content (AvgIpc) is 2.52. The van der Waals surface area contributed by atoms with Gasteiger partial charge in [-0.1, -0.05) is 6.07 Å². The van der Waals surface area contributed by atoms with E-state index in [1.807, 2.05) is 13.1 Å². The zero-order chi connectivity index (χ0) is 9.26. The minimum Gasteiger partial charge on any atom is -0.464 e. The van der Waals surface area contributed by atoms with Crippen molar-refractivity contribution < 1.29 is 4.42 Å². The van der Waals surface area contributed by atoms with Gasteiger partial charge in [-0.25, -0.2) is 0 Å². The maximum absolute atomic E-state index is 5.42. The molecule has 2 nitrogen and oxygen atoms in total. The first-order chi connectivity index (χ1) is 6.31. The van der Waals surface area contributed by atoms with Crippen LogP contribution in [0.3, 0.4) is 0 Å². The molecule has 1 aromatic carbocycles. The summed E-state index contributed by atoms with van der Waals surface area (Å²) in [5, 5.41) is 4.32. The summed E-state index contributed by atoms with van der Waals surface area (Å²) < 4.78 is 5.42. The fourth-order valence-electron chi connectivity index (χ4n) is 1.64. The van der Waals surface area contributed by atoms with Gasteiger partial charge in [0.2, 0.25) is 0 Å². The predicted molar refractivity (Wildman–Crippen MR) is 53.7 cm³/mol. The van der Waals surface area contributed by atoms with Gasteiger partial charge in [0.15, 0.2) is 0 Å². The lowest BCUT2D eigenvalue weighted by molar-refractivity contribution is 0.608. The van der Waals surface area contributed by atoms with Crippen LogP contribution >= 0.6 is 0 Å². The van der Waals surface area contributed by atoms with Crippen molar-refractivity contribution in [3.63, 3.8) is 0 Å². The minimum atomic E-state index is 0.853. The highest BCUT2D eigenvalue weighted by atomic mass is 16.3. The third kappa shape index (κ3) is 1.45. The van der Waals surface area contributed by atoms with E-state index in [1.165, 1.54) is 16.5 Å². The average molecular weight is 175 g/mol. The van der Waals surface area contributed by atoms with Crippen LogP contribution in [0.15, 0.2) is 28.9 Å². The summed E-state index contributed by atoms with van der Waals surface area (Å²) in [5.41, 5.74) is 3.50. The molecule has 0 unspecified atom stereocenters. The van der Waals surface area contributed by atoms with Crippen LogP contribution in [-0.4, -0.2) is 7.05 Å². The van der Waals surface area contributed by atoms with E-state index in [9.17, 15) is 0 Å². The number of aryl methyl sites for hydroxylation is 1. The Balaban J connectivity index is 2.63. The number of furan rings is 1. The minimum absolute atomic E-state index is 0.853. The maximum atomic E-state index is 5.42. The van der Waals surface area contributed by atoms with Gasteiger partial charge in [0.1, 0.15) is 5.58 Å². The van der Waals surface area contributed by atoms with E-state index >= 15 is 0 Å². The van der Waals surface area contributed by atoms with Crippen molar-refractivity contribution in [3.8, 4) is 0 Å². The molecule has 0 saturated carbocycles. The second-order valence-electron chi connectivity index (χ2n) is 3.29. The molecule has 1 N–H and O–H groups in total. The highest BCUT2D eigenvalue weighted by molar-refractivity contribution is 5.81. The molecule has 0 atom stereocenters. The van der Waals surface area contributed by atoms with E-state index in [-0.39, 0.29) is 0 Å². The van der Waals surface area contributed by atoms with Crippen LogP contribution in [0, 0.1) is 6.92 Å². The first-order valence-electron chi connectivity index (χ1n) is 4.42. The van der Waals surface area contributed by atoms with Gasteiger partial charge in [-0.05, 0) is 31.7 Å². The molecule has 0 saturated heterocycles. The van der Waals surface area contributed by atoms with Crippen LogP contribution in [0.25, 0.3) is 11.0 Å². The molecule has 0 aliphatic heterocycles. The zero-order valence-electron chi connectivity index (χ0n) is 7.92. The molecular weight excluding hydrogens is 162 g/mol. The largest absolute Gasteiger partial charge is 0.464 e. The van der Waals surface area contributed by atoms with Crippen LogP contribution in [0.5, 0.6) is 0 Å². The lowest BCUT2D eigenvalue weighted by Crippen LogP contribution is -2.05. The van der Waals surface area contributed by atoms with Crippen LogP contribution in [0.4, 0.5) is 0 Å². The molecule has 13 heavy (non-hydrogen) atoms. The monoisotopic (exact) mass is 175 g/mol. The van der Waals surface area contributed by atoms with Crippen molar-refractivity contribution in [2.24, 2.45) is 0 Å². The van der Waals surface area contributed by atoms with Gasteiger partial charge in [0, 0.05) is 17.5 Å². The lowest BCUT2D eigenvalue weighted by Gasteiger charge is -2.02. The molecule has 2 rings (SSSR count). The molecule has 0 bridgehead atoms. The molecule has 2 heteroatoms. The van der Waals surface area contributed by atoms with Gasteiger partial charge in [-0.3, -0.25) is 0 Å². The summed E-state index contributed by atoms with van der Waals surface area (Å²) in [5.74, 6) is 0. The van der Waals surface area contributed by atoms with Crippen molar-refractivity contribution in [2.45, 2.75) is 13.5 Å². The number of fused-ring (bicyclic) bond motifs is 1. The van der Waals surface area contributed by atoms with Crippen LogP contribution < -0.4 is 5.32 Å². The van der Waals surface area contributed by atoms with E-state index in [2.05, 4.69) is 24.4 Å². The van der Waals surface area contributed by atoms with Crippen molar-refractivity contribution in [2.75, 3.05) is 7.05 Å². The Morgan fingerprint density at radius 2 is 2.23 bits per heavy atom. The van der Waals surface area contributed by atoms with Crippen molar-refractivity contribution >= 4 is 11.0 Å². The Morgan fingerprint density at radius 1 is 1.38 bits per heavy atom. The number of hydrogen-bond donors (Lipinski definition) is 1. The van der Waals surface area contributed by atoms with E-state index in [0.29, 0.717) is 0 Å². The quantitative estimate of drug-likeness (QED) is 0.758. The van der Waals surface area contributed by atoms with Gasteiger partial charge < -0.3 is 9.73 Å². The van der Waals surface area contributed by atoms with E-state index in [1.54, 1.807) is 6.26 Å². The van der Waals surface area contributed by atoms with Crippen molar-refractivity contribution in [3.05, 3.63) is 35.6 Å². The number of benzene rings is 1. The smallest absolute Gasteiger partial charge is 0.138 e. The Labute approximate surface area is 77.6 Å². The zero-order valence-corrected chi connectivity index (χ0v) is 7.92. The van der Waals surface area contributed by atoms with Crippen LogP contribution in [0.1, 0.15) is 11.1 Å². The highest BCUT2D eigenvalue weighted by Crippen LogP contribution is 2.21. The Hall–Kier alpha value is -1.28. The van der Waals surface area contributed by atoms with E-state index in [0.717, 1.165) is 12.1 Å². The van der Waals surface area contributed by atoms with E-state index < -0.39 is 0 Å². The van der Waals surface area contributed by atoms with Gasteiger partial charge in [-0.15, -0.1) is 0 Å². The third-order valence-corrected chi connectivity index (χ3v) is 2.14. The highest BCUT2D eigenvalue weighted by Gasteiger charge is 2.03. The summed E-state index contributed by atoms with van der Waals surface area (Å²) in [6.07, 6.45) is 1.74. The first-order valence-corrected chi connectivity index (χ1v) is 4.42. The Kier molecular flexibility index (Phi) is 2.07. The summed E-state index contributed by atoms with van der Waals surface area (Å²) >= 11 is 0. The molecule has 1 heterocycles. The molecule has 2 aromatic rings. The van der Waals surface area contributed by atoms with Gasteiger partial charge in [0.05, 0.1) is 6.26 Å². The molecule has 0 radical (unpaired) electrons. The van der Waals surface area contributed by atoms with Gasteiger partial charge >= 0.3 is 0 Å². The number of nitrogens with one attached hydrogen (secondary N) is 1. The molecule has 0 fully saturated rings. The standard InChI is InChI=1S/C11H13NO/c1-8-5-9-3-4-13-11(9)10(6-8)7-12-2/h3-6,12H,7H2,1-2H3. The molecular formula is C11H13NO. The fraction of sp³-hybridized carbons (Fsp3) is 0.273. The second kappa shape index (κ2) is 3.23. The Morgan fingerprint density at radius 3 is 3.00 bits per heavy atom. The van der Waals surface area contributed by atoms with Crippen LogP contribution in [0.2, 0.25) is 0 Å². The van der Waals surface area contributed by atoms with E-state index in [4.69, 9.17) is 4.42 Å². The topological polar surface area (TPSA) is 25.2 Å². The summed E-state index contributed by atoms with van der Waals surface area (Å²) in [6, 6.07) is 6.29. The van der Waals surface area contributed by atoms with Crippen molar-refractivity contribution in [1.29, 1.82) is 0 Å².